The van der Waals surface area contributed by atoms with Crippen LogP contribution in [0.25, 0.3) is 0 Å². The summed E-state index contributed by atoms with van der Waals surface area (Å²) >= 11 is 0. The fourth-order valence-electron chi connectivity index (χ4n) is 4.99. The van der Waals surface area contributed by atoms with E-state index in [0.717, 1.165) is 18.6 Å². The summed E-state index contributed by atoms with van der Waals surface area (Å²) in [4.78, 5) is 27.2. The number of likely N-dealkylation sites (tertiary alicyclic amines) is 1. The quantitative estimate of drug-likeness (QED) is 0.787. The van der Waals surface area contributed by atoms with E-state index in [2.05, 4.69) is 11.4 Å². The zero-order valence-corrected chi connectivity index (χ0v) is 17.6. The maximum absolute atomic E-state index is 12.9. The number of amides is 2. The van der Waals surface area contributed by atoms with Gasteiger partial charge in [0.2, 0.25) is 5.91 Å². The zero-order chi connectivity index (χ0) is 21.0. The van der Waals surface area contributed by atoms with E-state index in [1.807, 2.05) is 23.1 Å². The number of nitrogens with one attached hydrogen (secondary N) is 1. The van der Waals surface area contributed by atoms with Crippen LogP contribution in [-0.2, 0) is 10.2 Å². The molecule has 6 heteroatoms. The van der Waals surface area contributed by atoms with Gasteiger partial charge in [-0.25, -0.2) is 0 Å². The molecule has 0 radical (unpaired) electrons. The Morgan fingerprint density at radius 2 is 1.90 bits per heavy atom. The molecule has 1 aromatic carbocycles. The molecule has 0 unspecified atom stereocenters. The Hall–Kier alpha value is -2.76. The van der Waals surface area contributed by atoms with Crippen LogP contribution in [0.5, 0.6) is 5.75 Å². The first-order valence-corrected chi connectivity index (χ1v) is 10.9. The maximum atomic E-state index is 12.9. The Bertz CT molecular complexity index is 863. The normalized spacial score (nSPS) is 18.9. The van der Waals surface area contributed by atoms with E-state index in [-0.39, 0.29) is 23.1 Å². The molecule has 0 atom stereocenters. The molecule has 160 valence electrons. The highest BCUT2D eigenvalue weighted by Gasteiger charge is 2.38. The van der Waals surface area contributed by atoms with Crippen LogP contribution in [0.15, 0.2) is 47.3 Å². The number of benzene rings is 1. The van der Waals surface area contributed by atoms with Crippen molar-refractivity contribution >= 4 is 11.8 Å². The third-order valence-corrected chi connectivity index (χ3v) is 6.76. The van der Waals surface area contributed by atoms with Crippen molar-refractivity contribution in [3.8, 4) is 5.75 Å². The molecule has 1 aliphatic heterocycles. The van der Waals surface area contributed by atoms with E-state index in [0.29, 0.717) is 38.0 Å². The molecule has 1 aliphatic carbocycles. The summed E-state index contributed by atoms with van der Waals surface area (Å²) in [5.74, 6) is 0.935. The summed E-state index contributed by atoms with van der Waals surface area (Å²) < 4.78 is 10.6. The minimum Gasteiger partial charge on any atom is -0.496 e. The highest BCUT2D eigenvalue weighted by Crippen LogP contribution is 2.44. The van der Waals surface area contributed by atoms with Gasteiger partial charge < -0.3 is 19.4 Å². The standard InChI is InChI=1S/C24H30N2O4/c1-29-21-7-3-2-6-20(21)24(11-4-5-12-24)17-25-22(27)18-8-13-26(14-9-18)23(28)19-10-15-30-16-19/h2-3,6-7,10,15-16,18H,4-5,8-9,11-14,17H2,1H3,(H,25,27). The number of methoxy groups -OCH3 is 1. The lowest BCUT2D eigenvalue weighted by molar-refractivity contribution is -0.126. The van der Waals surface area contributed by atoms with Crippen molar-refractivity contribution in [2.75, 3.05) is 26.7 Å². The molecule has 2 aromatic rings. The first-order valence-electron chi connectivity index (χ1n) is 10.9. The Morgan fingerprint density at radius 3 is 2.57 bits per heavy atom. The van der Waals surface area contributed by atoms with Gasteiger partial charge in [0.15, 0.2) is 0 Å². The molecule has 0 bridgehead atoms. The molecule has 1 N–H and O–H groups in total. The summed E-state index contributed by atoms with van der Waals surface area (Å²) in [6, 6.07) is 9.86. The molecule has 30 heavy (non-hydrogen) atoms. The lowest BCUT2D eigenvalue weighted by atomic mass is 9.78. The molecular formula is C24H30N2O4. The fourth-order valence-corrected chi connectivity index (χ4v) is 4.99. The van der Waals surface area contributed by atoms with Gasteiger partial charge in [-0.1, -0.05) is 31.0 Å². The van der Waals surface area contributed by atoms with Gasteiger partial charge in [0.05, 0.1) is 18.9 Å². The van der Waals surface area contributed by atoms with Crippen LogP contribution in [0.1, 0.15) is 54.4 Å². The SMILES string of the molecule is COc1ccccc1C1(CNC(=O)C2CCN(C(=O)c3ccoc3)CC2)CCCC1. The maximum Gasteiger partial charge on any atom is 0.257 e. The first-order chi connectivity index (χ1) is 14.6. The lowest BCUT2D eigenvalue weighted by Gasteiger charge is -2.34. The average Bonchev–Trinajstić information content (AvgIpc) is 3.50. The molecular weight excluding hydrogens is 380 g/mol. The largest absolute Gasteiger partial charge is 0.496 e. The molecule has 1 saturated heterocycles. The average molecular weight is 411 g/mol. The number of nitrogens with zero attached hydrogens (tertiary/aromatic N) is 1. The Morgan fingerprint density at radius 1 is 1.17 bits per heavy atom. The molecule has 1 saturated carbocycles. The lowest BCUT2D eigenvalue weighted by Crippen LogP contribution is -2.46. The molecule has 2 fully saturated rings. The topological polar surface area (TPSA) is 71.8 Å². The summed E-state index contributed by atoms with van der Waals surface area (Å²) in [7, 11) is 1.71. The van der Waals surface area contributed by atoms with Crippen LogP contribution in [0.3, 0.4) is 0 Å². The highest BCUT2D eigenvalue weighted by atomic mass is 16.5. The Labute approximate surface area is 177 Å². The van der Waals surface area contributed by atoms with Crippen LogP contribution in [-0.4, -0.2) is 43.5 Å². The highest BCUT2D eigenvalue weighted by molar-refractivity contribution is 5.94. The van der Waals surface area contributed by atoms with E-state index in [9.17, 15) is 9.59 Å². The number of hydrogen-bond acceptors (Lipinski definition) is 4. The third-order valence-electron chi connectivity index (χ3n) is 6.76. The number of furan rings is 1. The zero-order valence-electron chi connectivity index (χ0n) is 17.6. The summed E-state index contributed by atoms with van der Waals surface area (Å²) in [6.45, 7) is 1.83. The molecule has 4 rings (SSSR count). The predicted octanol–water partition coefficient (Wildman–Crippen LogP) is 3.77. The fraction of sp³-hybridized carbons (Fsp3) is 0.500. The van der Waals surface area contributed by atoms with Gasteiger partial charge in [-0.2, -0.15) is 0 Å². The van der Waals surface area contributed by atoms with Crippen molar-refractivity contribution < 1.29 is 18.7 Å². The number of piperidine rings is 1. The molecule has 2 amide bonds. The van der Waals surface area contributed by atoms with Gasteiger partial charge in [0, 0.05) is 36.5 Å². The number of carbonyl (C=O) groups is 2. The van der Waals surface area contributed by atoms with Crippen LogP contribution in [0, 0.1) is 5.92 Å². The van der Waals surface area contributed by atoms with Gasteiger partial charge in [-0.15, -0.1) is 0 Å². The van der Waals surface area contributed by atoms with Crippen molar-refractivity contribution in [3.05, 3.63) is 54.0 Å². The number of hydrogen-bond donors (Lipinski definition) is 1. The Kier molecular flexibility index (Phi) is 6.11. The summed E-state index contributed by atoms with van der Waals surface area (Å²) in [5, 5.41) is 3.24. The molecule has 0 spiro atoms. The van der Waals surface area contributed by atoms with Crippen molar-refractivity contribution in [2.45, 2.75) is 43.9 Å². The van der Waals surface area contributed by atoms with E-state index < -0.39 is 0 Å². The van der Waals surface area contributed by atoms with Gasteiger partial charge in [0.1, 0.15) is 12.0 Å². The van der Waals surface area contributed by atoms with E-state index in [1.54, 1.807) is 13.2 Å². The van der Waals surface area contributed by atoms with E-state index >= 15 is 0 Å². The van der Waals surface area contributed by atoms with Crippen LogP contribution in [0.4, 0.5) is 0 Å². The second-order valence-corrected chi connectivity index (χ2v) is 8.48. The minimum absolute atomic E-state index is 0.0244. The molecule has 2 aliphatic rings. The van der Waals surface area contributed by atoms with Crippen molar-refractivity contribution in [1.82, 2.24) is 10.2 Å². The van der Waals surface area contributed by atoms with Gasteiger partial charge in [-0.05, 0) is 37.8 Å². The summed E-state index contributed by atoms with van der Waals surface area (Å²) in [5.41, 5.74) is 1.71. The number of rotatable bonds is 6. The van der Waals surface area contributed by atoms with E-state index in [1.165, 1.54) is 30.9 Å². The van der Waals surface area contributed by atoms with Crippen LogP contribution < -0.4 is 10.1 Å². The van der Waals surface area contributed by atoms with Gasteiger partial charge in [0.25, 0.3) is 5.91 Å². The van der Waals surface area contributed by atoms with Crippen molar-refractivity contribution in [3.63, 3.8) is 0 Å². The molecule has 2 heterocycles. The second kappa shape index (κ2) is 8.94. The first kappa shape index (κ1) is 20.5. The van der Waals surface area contributed by atoms with Gasteiger partial charge >= 0.3 is 0 Å². The molecule has 6 nitrogen and oxygen atoms in total. The summed E-state index contributed by atoms with van der Waals surface area (Å²) in [6.07, 6.45) is 8.82. The Balaban J connectivity index is 1.35. The number of para-hydroxylation sites is 1. The third kappa shape index (κ3) is 4.09. The molecule has 1 aromatic heterocycles. The smallest absolute Gasteiger partial charge is 0.257 e. The number of ether oxygens (including phenoxy) is 1. The van der Waals surface area contributed by atoms with Gasteiger partial charge in [-0.3, -0.25) is 9.59 Å². The van der Waals surface area contributed by atoms with Crippen LogP contribution in [0.2, 0.25) is 0 Å². The van der Waals surface area contributed by atoms with Crippen molar-refractivity contribution in [2.24, 2.45) is 5.92 Å². The van der Waals surface area contributed by atoms with E-state index in [4.69, 9.17) is 9.15 Å². The number of carbonyl (C=O) groups excluding carboxylic acids is 2. The van der Waals surface area contributed by atoms with Crippen molar-refractivity contribution in [1.29, 1.82) is 0 Å². The van der Waals surface area contributed by atoms with Crippen LogP contribution >= 0.6 is 0 Å². The monoisotopic (exact) mass is 410 g/mol. The second-order valence-electron chi connectivity index (χ2n) is 8.48. The predicted molar refractivity (Wildman–Crippen MR) is 113 cm³/mol. The minimum atomic E-state index is -0.0553.